The third kappa shape index (κ3) is 4.02. The summed E-state index contributed by atoms with van der Waals surface area (Å²) in [6.45, 7) is 0.403. The quantitative estimate of drug-likeness (QED) is 0.723. The van der Waals surface area contributed by atoms with Gasteiger partial charge in [-0.3, -0.25) is 0 Å². The predicted octanol–water partition coefficient (Wildman–Crippen LogP) is 4.65. The summed E-state index contributed by atoms with van der Waals surface area (Å²) < 4.78 is 41.6. The van der Waals surface area contributed by atoms with E-state index in [-0.39, 0.29) is 5.56 Å². The van der Waals surface area contributed by atoms with Gasteiger partial charge in [0.1, 0.15) is 5.82 Å². The number of benzene rings is 2. The third-order valence-corrected chi connectivity index (χ3v) is 3.72. The van der Waals surface area contributed by atoms with E-state index in [4.69, 9.17) is 11.6 Å². The average Bonchev–Trinajstić information content (AvgIpc) is 2.45. The van der Waals surface area contributed by atoms with Crippen molar-refractivity contribution >= 4 is 11.6 Å². The molecule has 0 bridgehead atoms. The Morgan fingerprint density at radius 2 is 1.55 bits per heavy atom. The van der Waals surface area contributed by atoms with Gasteiger partial charge in [0.25, 0.3) is 0 Å². The molecule has 2 aromatic carbocycles. The van der Waals surface area contributed by atoms with Gasteiger partial charge >= 0.3 is 0 Å². The minimum atomic E-state index is -1.11. The van der Waals surface area contributed by atoms with Crippen molar-refractivity contribution in [3.05, 3.63) is 70.0 Å². The molecule has 1 unspecified atom stereocenters. The number of hydrogen-bond donors (Lipinski definition) is 0. The van der Waals surface area contributed by atoms with Crippen molar-refractivity contribution in [1.29, 1.82) is 0 Å². The number of hydrogen-bond acceptors (Lipinski definition) is 1. The van der Waals surface area contributed by atoms with Crippen molar-refractivity contribution in [2.45, 2.75) is 12.3 Å². The summed E-state index contributed by atoms with van der Waals surface area (Å²) in [4.78, 5) is 1.82. The van der Waals surface area contributed by atoms with Crippen LogP contribution < -0.4 is 0 Å². The summed E-state index contributed by atoms with van der Waals surface area (Å²) in [7, 11) is 3.62. The van der Waals surface area contributed by atoms with Crippen LogP contribution in [0.3, 0.4) is 0 Å². The van der Waals surface area contributed by atoms with Gasteiger partial charge in [-0.15, -0.1) is 0 Å². The second-order valence-corrected chi connectivity index (χ2v) is 5.98. The van der Waals surface area contributed by atoms with Gasteiger partial charge < -0.3 is 4.90 Å². The molecule has 22 heavy (non-hydrogen) atoms. The molecular formula is C17H17ClF3N. The van der Waals surface area contributed by atoms with E-state index in [1.54, 1.807) is 24.3 Å². The van der Waals surface area contributed by atoms with Crippen LogP contribution in [0.15, 0.2) is 36.4 Å². The SMILES string of the molecule is CN(C)CC(Cc1ccc(Cl)cc1)c1c(F)ccc(F)c1F. The molecule has 118 valence electrons. The summed E-state index contributed by atoms with van der Waals surface area (Å²) in [6, 6.07) is 8.84. The van der Waals surface area contributed by atoms with Crippen LogP contribution in [0.1, 0.15) is 17.0 Å². The van der Waals surface area contributed by atoms with Crippen LogP contribution in [0.25, 0.3) is 0 Å². The van der Waals surface area contributed by atoms with E-state index in [9.17, 15) is 13.2 Å². The van der Waals surface area contributed by atoms with Crippen LogP contribution in [0.2, 0.25) is 5.02 Å². The van der Waals surface area contributed by atoms with Gasteiger partial charge in [0.15, 0.2) is 11.6 Å². The molecule has 1 atom stereocenters. The smallest absolute Gasteiger partial charge is 0.165 e. The second kappa shape index (κ2) is 7.16. The first-order chi connectivity index (χ1) is 10.4. The minimum Gasteiger partial charge on any atom is -0.309 e. The molecule has 0 spiro atoms. The Labute approximate surface area is 133 Å². The fourth-order valence-electron chi connectivity index (χ4n) is 2.52. The Hall–Kier alpha value is -1.52. The largest absolute Gasteiger partial charge is 0.309 e. The van der Waals surface area contributed by atoms with Gasteiger partial charge in [-0.2, -0.15) is 0 Å². The molecule has 5 heteroatoms. The molecular weight excluding hydrogens is 311 g/mol. The van der Waals surface area contributed by atoms with E-state index >= 15 is 0 Å². The van der Waals surface area contributed by atoms with E-state index in [0.29, 0.717) is 18.0 Å². The lowest BCUT2D eigenvalue weighted by molar-refractivity contribution is 0.355. The second-order valence-electron chi connectivity index (χ2n) is 5.55. The van der Waals surface area contributed by atoms with Crippen LogP contribution in [0.4, 0.5) is 13.2 Å². The lowest BCUT2D eigenvalue weighted by Gasteiger charge is -2.23. The maximum absolute atomic E-state index is 14.1. The highest BCUT2D eigenvalue weighted by Gasteiger charge is 2.23. The molecule has 0 saturated heterocycles. The molecule has 0 aliphatic heterocycles. The fourth-order valence-corrected chi connectivity index (χ4v) is 2.65. The maximum atomic E-state index is 14.1. The first kappa shape index (κ1) is 16.8. The number of likely N-dealkylation sites (N-methyl/N-ethyl adjacent to an activating group) is 1. The Bertz CT molecular complexity index is 641. The van der Waals surface area contributed by atoms with E-state index in [0.717, 1.165) is 17.7 Å². The molecule has 0 radical (unpaired) electrons. The topological polar surface area (TPSA) is 3.24 Å². The third-order valence-electron chi connectivity index (χ3n) is 3.47. The first-order valence-electron chi connectivity index (χ1n) is 6.91. The highest BCUT2D eigenvalue weighted by atomic mass is 35.5. The molecule has 0 aromatic heterocycles. The van der Waals surface area contributed by atoms with E-state index in [1.165, 1.54) is 0 Å². The lowest BCUT2D eigenvalue weighted by atomic mass is 9.90. The minimum absolute atomic E-state index is 0.205. The Morgan fingerprint density at radius 1 is 0.955 bits per heavy atom. The zero-order chi connectivity index (χ0) is 16.3. The zero-order valence-corrected chi connectivity index (χ0v) is 13.2. The van der Waals surface area contributed by atoms with Gasteiger partial charge in [-0.25, -0.2) is 13.2 Å². The maximum Gasteiger partial charge on any atom is 0.165 e. The lowest BCUT2D eigenvalue weighted by Crippen LogP contribution is -2.24. The van der Waals surface area contributed by atoms with E-state index in [1.807, 2.05) is 19.0 Å². The van der Waals surface area contributed by atoms with E-state index in [2.05, 4.69) is 0 Å². The van der Waals surface area contributed by atoms with Crippen LogP contribution in [-0.4, -0.2) is 25.5 Å². The molecule has 1 nitrogen and oxygen atoms in total. The standard InChI is InChI=1S/C17H17ClF3N/c1-22(2)10-12(9-11-3-5-13(18)6-4-11)16-14(19)7-8-15(20)17(16)21/h3-8,12H,9-10H2,1-2H3. The monoisotopic (exact) mass is 327 g/mol. The van der Waals surface area contributed by atoms with Crippen LogP contribution in [0, 0.1) is 17.5 Å². The van der Waals surface area contributed by atoms with Crippen molar-refractivity contribution in [3.63, 3.8) is 0 Å². The molecule has 0 saturated carbocycles. The molecule has 0 fully saturated rings. The molecule has 2 rings (SSSR count). The van der Waals surface area contributed by atoms with Gasteiger partial charge in [0, 0.05) is 23.0 Å². The van der Waals surface area contributed by atoms with E-state index < -0.39 is 23.4 Å². The van der Waals surface area contributed by atoms with Gasteiger partial charge in [0.05, 0.1) is 0 Å². The highest BCUT2D eigenvalue weighted by Crippen LogP contribution is 2.28. The Balaban J connectivity index is 2.38. The number of nitrogens with zero attached hydrogens (tertiary/aromatic N) is 1. The highest BCUT2D eigenvalue weighted by molar-refractivity contribution is 6.30. The molecule has 0 N–H and O–H groups in total. The average molecular weight is 328 g/mol. The van der Waals surface area contributed by atoms with Crippen molar-refractivity contribution in [2.75, 3.05) is 20.6 Å². The summed E-state index contributed by atoms with van der Waals surface area (Å²) in [6.07, 6.45) is 0.395. The van der Waals surface area contributed by atoms with Crippen LogP contribution in [0.5, 0.6) is 0 Å². The van der Waals surface area contributed by atoms with Gasteiger partial charge in [-0.1, -0.05) is 23.7 Å². The number of halogens is 4. The Morgan fingerprint density at radius 3 is 2.14 bits per heavy atom. The van der Waals surface area contributed by atoms with Crippen LogP contribution in [-0.2, 0) is 6.42 Å². The summed E-state index contributed by atoms with van der Waals surface area (Å²) in [5.74, 6) is -3.36. The summed E-state index contributed by atoms with van der Waals surface area (Å²) in [5.41, 5.74) is 0.683. The zero-order valence-electron chi connectivity index (χ0n) is 12.4. The predicted molar refractivity (Wildman–Crippen MR) is 82.8 cm³/mol. The first-order valence-corrected chi connectivity index (χ1v) is 7.29. The number of rotatable bonds is 5. The van der Waals surface area contributed by atoms with Crippen LogP contribution >= 0.6 is 11.6 Å². The molecule has 0 amide bonds. The van der Waals surface area contributed by atoms with Crippen molar-refractivity contribution in [2.24, 2.45) is 0 Å². The molecule has 0 aliphatic carbocycles. The summed E-state index contributed by atoms with van der Waals surface area (Å²) >= 11 is 5.84. The van der Waals surface area contributed by atoms with Crippen molar-refractivity contribution < 1.29 is 13.2 Å². The summed E-state index contributed by atoms with van der Waals surface area (Å²) in [5, 5.41) is 0.594. The van der Waals surface area contributed by atoms with Gasteiger partial charge in [0.2, 0.25) is 0 Å². The van der Waals surface area contributed by atoms with Crippen molar-refractivity contribution in [1.82, 2.24) is 4.90 Å². The molecule has 0 heterocycles. The van der Waals surface area contributed by atoms with Crippen molar-refractivity contribution in [3.8, 4) is 0 Å². The normalized spacial score (nSPS) is 12.7. The fraction of sp³-hybridized carbons (Fsp3) is 0.294. The van der Waals surface area contributed by atoms with Gasteiger partial charge in [-0.05, 0) is 50.3 Å². The molecule has 2 aromatic rings. The Kier molecular flexibility index (Phi) is 5.48. The molecule has 0 aliphatic rings.